The number of hydrogen-bond donors (Lipinski definition) is 0. The van der Waals surface area contributed by atoms with E-state index in [1.54, 1.807) is 0 Å². The number of hydrogen-bond acceptors (Lipinski definition) is 5. The number of benzene rings is 15. The van der Waals surface area contributed by atoms with Crippen molar-refractivity contribution in [3.8, 4) is 112 Å². The number of fused-ring (bicyclic) bond motifs is 5. The summed E-state index contributed by atoms with van der Waals surface area (Å²) in [6, 6.07) is 132. The smallest absolute Gasteiger partial charge is 0.135 e. The van der Waals surface area contributed by atoms with Crippen molar-refractivity contribution >= 4 is 54.8 Å². The van der Waals surface area contributed by atoms with Gasteiger partial charge in [0, 0.05) is 54.7 Å². The van der Waals surface area contributed by atoms with Crippen LogP contribution in [-0.2, 0) is 32.1 Å². The van der Waals surface area contributed by atoms with Crippen LogP contribution in [0, 0.1) is 0 Å². The first kappa shape index (κ1) is 64.4. The van der Waals surface area contributed by atoms with E-state index in [-0.39, 0.29) is 0 Å². The summed E-state index contributed by atoms with van der Waals surface area (Å²) in [5, 5.41) is 5.16. The third kappa shape index (κ3) is 11.9. The molecule has 0 N–H and O–H groups in total. The van der Waals surface area contributed by atoms with Crippen molar-refractivity contribution < 1.29 is 22.1 Å². The lowest BCUT2D eigenvalue weighted by atomic mass is 9.81. The minimum Gasteiger partial charge on any atom is -0.456 e. The summed E-state index contributed by atoms with van der Waals surface area (Å²) in [6.45, 7) is 0. The highest BCUT2D eigenvalue weighted by Crippen LogP contribution is 2.48. The molecule has 0 fully saturated rings. The molecule has 10 aliphatic carbocycles. The van der Waals surface area contributed by atoms with Crippen molar-refractivity contribution in [2.75, 3.05) is 0 Å². The minimum absolute atomic E-state index is 0.489. The molecule has 0 radical (unpaired) electrons. The summed E-state index contributed by atoms with van der Waals surface area (Å²) in [4.78, 5) is 0. The van der Waals surface area contributed by atoms with E-state index >= 15 is 0 Å². The molecule has 0 amide bonds. The van der Waals surface area contributed by atoms with E-state index in [4.69, 9.17) is 22.1 Å². The predicted molar refractivity (Wildman–Crippen MR) is 449 cm³/mol. The molecular formula is C105H70O5. The molecule has 0 aliphatic heterocycles. The molecule has 5 heteroatoms. The standard InChI is InChI=1S/C105H70O5/c1-6-26-68(27-7-1)84-53-80-52-79-57-91(103-63-75-38-18-23-43-98(75)108-103)83(55-85(79)69-28-8-2-9-29-69)60-92-87(71-32-12-4-13-33-71)47-66(48-88(92)72-34-14-5-15-35-72)46-67-49-94(104-64-76-39-19-24-44-99(76)109-104)93(95(50-67)105-65-77-40-20-25-45-100(77)110-105)59-82-58-90(102-62-74-37-17-22-42-97(74)107-102)81(54-86(82)70-30-10-3-11-31-70)51-78(84)56-89(80)101-61-73-36-16-21-41-96(73)106-101/h1-45,47-50,53-58,61-65H,46,51-52,59-60H2. The Bertz CT molecular complexity index is 6580. The van der Waals surface area contributed by atoms with Crippen molar-refractivity contribution in [1.82, 2.24) is 0 Å². The highest BCUT2D eigenvalue weighted by molar-refractivity contribution is 5.93. The summed E-state index contributed by atoms with van der Waals surface area (Å²) in [6.07, 6.45) is 2.72. The number of para-hydroxylation sites is 5. The fourth-order valence-electron chi connectivity index (χ4n) is 17.1. The molecule has 0 saturated carbocycles. The van der Waals surface area contributed by atoms with E-state index in [2.05, 4.69) is 364 Å². The van der Waals surface area contributed by atoms with Gasteiger partial charge in [-0.2, -0.15) is 0 Å². The van der Waals surface area contributed by atoms with Crippen molar-refractivity contribution in [1.29, 1.82) is 0 Å². The maximum Gasteiger partial charge on any atom is 0.135 e. The molecule has 30 rings (SSSR count). The van der Waals surface area contributed by atoms with Crippen molar-refractivity contribution in [2.24, 2.45) is 0 Å². The van der Waals surface area contributed by atoms with Gasteiger partial charge in [-0.05, 0) is 253 Å². The van der Waals surface area contributed by atoms with Crippen LogP contribution in [0.5, 0.6) is 0 Å². The van der Waals surface area contributed by atoms with Gasteiger partial charge in [-0.25, -0.2) is 0 Å². The van der Waals surface area contributed by atoms with Crippen LogP contribution in [0.1, 0.15) is 55.6 Å². The molecule has 0 spiro atoms. The van der Waals surface area contributed by atoms with E-state index < -0.39 is 0 Å². The van der Waals surface area contributed by atoms with Gasteiger partial charge in [-0.1, -0.05) is 255 Å². The van der Waals surface area contributed by atoms with E-state index in [9.17, 15) is 0 Å². The first-order chi connectivity index (χ1) is 54.4. The van der Waals surface area contributed by atoms with Gasteiger partial charge >= 0.3 is 0 Å². The lowest BCUT2D eigenvalue weighted by molar-refractivity contribution is 0.627. The summed E-state index contributed by atoms with van der Waals surface area (Å²) in [5.41, 5.74) is 31.7. The molecule has 0 unspecified atom stereocenters. The zero-order valence-electron chi connectivity index (χ0n) is 60.2. The molecule has 110 heavy (non-hydrogen) atoms. The first-order valence-corrected chi connectivity index (χ1v) is 37.9. The second-order valence-electron chi connectivity index (χ2n) is 29.3. The maximum atomic E-state index is 7.20. The molecule has 20 aromatic rings. The molecule has 5 aromatic heterocycles. The van der Waals surface area contributed by atoms with Crippen LogP contribution < -0.4 is 0 Å². The van der Waals surface area contributed by atoms with Crippen molar-refractivity contribution in [3.63, 3.8) is 0 Å². The first-order valence-electron chi connectivity index (χ1n) is 37.9. The summed E-state index contributed by atoms with van der Waals surface area (Å²) < 4.78 is 35.9. The van der Waals surface area contributed by atoms with E-state index in [1.165, 1.54) is 5.56 Å². The monoisotopic (exact) mass is 1410 g/mol. The van der Waals surface area contributed by atoms with E-state index in [0.29, 0.717) is 32.1 Å². The van der Waals surface area contributed by atoms with Gasteiger partial charge in [0.15, 0.2) is 0 Å². The quantitative estimate of drug-likeness (QED) is 0.137. The Balaban J connectivity index is 0.908. The molecule has 10 aliphatic rings. The van der Waals surface area contributed by atoms with Gasteiger partial charge in [0.1, 0.15) is 56.7 Å². The molecule has 5 nitrogen and oxygen atoms in total. The van der Waals surface area contributed by atoms with Crippen LogP contribution >= 0.6 is 0 Å². The Morgan fingerprint density at radius 3 is 0.655 bits per heavy atom. The minimum atomic E-state index is 0.489. The largest absolute Gasteiger partial charge is 0.456 e. The SMILES string of the molecule is c1ccc(-c2cc3c(-c4cc5ccccc5o4)cc2Cc2cc(-c4ccccc4)c(cc2-c2cc4ccccc4o2)Cc2c(-c4cc5ccccc5o4)cc(cc2-c2cc4ccccc4o2)Cc2cc(-c4ccccc4)c(c(-c4ccccc4)c2)Cc2cc(-c4ccccc4)c(cc2-c2cc4ccccc4o2)C3)cc1. The third-order valence-electron chi connectivity index (χ3n) is 22.4. The van der Waals surface area contributed by atoms with Crippen LogP contribution in [0.3, 0.4) is 0 Å². The van der Waals surface area contributed by atoms with Gasteiger partial charge in [0.2, 0.25) is 0 Å². The van der Waals surface area contributed by atoms with Crippen molar-refractivity contribution in [3.05, 3.63) is 420 Å². The molecule has 15 aromatic carbocycles. The van der Waals surface area contributed by atoms with Crippen molar-refractivity contribution in [2.45, 2.75) is 32.1 Å². The van der Waals surface area contributed by atoms with Gasteiger partial charge in [-0.15, -0.1) is 0 Å². The molecule has 0 atom stereocenters. The van der Waals surface area contributed by atoms with Crippen LogP contribution in [0.2, 0.25) is 0 Å². The molecular weight excluding hydrogens is 1340 g/mol. The summed E-state index contributed by atoms with van der Waals surface area (Å²) >= 11 is 0. The molecule has 10 bridgehead atoms. The lowest BCUT2D eigenvalue weighted by Crippen LogP contribution is -2.04. The third-order valence-corrected chi connectivity index (χ3v) is 22.4. The van der Waals surface area contributed by atoms with Gasteiger partial charge in [0.25, 0.3) is 0 Å². The predicted octanol–water partition coefficient (Wildman–Crippen LogP) is 28.4. The summed E-state index contributed by atoms with van der Waals surface area (Å²) in [5.74, 6) is 3.94. The molecule has 0 saturated heterocycles. The Hall–Kier alpha value is -14.0. The maximum absolute atomic E-state index is 7.20. The zero-order chi connectivity index (χ0) is 72.6. The highest BCUT2D eigenvalue weighted by atomic mass is 16.3. The fourth-order valence-corrected chi connectivity index (χ4v) is 17.1. The fraction of sp³-hybridized carbons (Fsp3) is 0.0476. The Morgan fingerprint density at radius 1 is 0.155 bits per heavy atom. The molecule has 5 heterocycles. The second kappa shape index (κ2) is 27.1. The highest BCUT2D eigenvalue weighted by Gasteiger charge is 2.29. The van der Waals surface area contributed by atoms with Gasteiger partial charge < -0.3 is 22.1 Å². The second-order valence-corrected chi connectivity index (χ2v) is 29.3. The zero-order valence-corrected chi connectivity index (χ0v) is 60.2. The summed E-state index contributed by atoms with van der Waals surface area (Å²) in [7, 11) is 0. The van der Waals surface area contributed by atoms with E-state index in [1.807, 2.05) is 0 Å². The average molecular weight is 1410 g/mol. The average Bonchev–Trinajstić information content (AvgIpc) is 1.56. The lowest BCUT2D eigenvalue weighted by Gasteiger charge is -2.22. The number of rotatable bonds is 10. The van der Waals surface area contributed by atoms with Crippen LogP contribution in [0.4, 0.5) is 0 Å². The number of furan rings is 5. The van der Waals surface area contributed by atoms with E-state index in [0.717, 1.165) is 217 Å². The Kier molecular flexibility index (Phi) is 15.9. The normalized spacial score (nSPS) is 12.4. The Morgan fingerprint density at radius 2 is 0.364 bits per heavy atom. The topological polar surface area (TPSA) is 65.7 Å². The van der Waals surface area contributed by atoms with Crippen LogP contribution in [0.15, 0.2) is 386 Å². The van der Waals surface area contributed by atoms with Crippen LogP contribution in [0.25, 0.3) is 167 Å². The Labute approximate surface area is 636 Å². The molecule has 520 valence electrons. The van der Waals surface area contributed by atoms with Crippen LogP contribution in [-0.4, -0.2) is 0 Å². The van der Waals surface area contributed by atoms with Gasteiger partial charge in [0.05, 0.1) is 0 Å². The van der Waals surface area contributed by atoms with Gasteiger partial charge in [-0.3, -0.25) is 0 Å².